The molecule has 2 heterocycles. The minimum atomic E-state index is 0. The van der Waals surface area contributed by atoms with E-state index in [1.165, 1.54) is 11.8 Å². The lowest BCUT2D eigenvalue weighted by Gasteiger charge is -2.15. The molecule has 1 aromatic heterocycles. The summed E-state index contributed by atoms with van der Waals surface area (Å²) < 4.78 is 5.45. The highest BCUT2D eigenvalue weighted by molar-refractivity contribution is 8.00. The first-order chi connectivity index (χ1) is 12.2. The van der Waals surface area contributed by atoms with Crippen LogP contribution in [0.3, 0.4) is 0 Å². The van der Waals surface area contributed by atoms with Crippen molar-refractivity contribution in [3.63, 3.8) is 0 Å². The van der Waals surface area contributed by atoms with E-state index in [0.717, 1.165) is 36.4 Å². The first-order valence-electron chi connectivity index (χ1n) is 8.67. The van der Waals surface area contributed by atoms with Crippen molar-refractivity contribution in [1.82, 2.24) is 20.4 Å². The van der Waals surface area contributed by atoms with Gasteiger partial charge in [-0.15, -0.1) is 24.2 Å². The van der Waals surface area contributed by atoms with Gasteiger partial charge in [-0.2, -0.15) is 4.98 Å². The highest BCUT2D eigenvalue weighted by atomic mass is 35.5. The van der Waals surface area contributed by atoms with Gasteiger partial charge in [0.05, 0.1) is 11.3 Å². The van der Waals surface area contributed by atoms with Crippen molar-refractivity contribution in [2.24, 2.45) is 0 Å². The first-order valence-corrected chi connectivity index (χ1v) is 9.65. The Bertz CT molecular complexity index is 719. The van der Waals surface area contributed by atoms with Gasteiger partial charge in [0.1, 0.15) is 0 Å². The number of nitrogens with one attached hydrogen (secondary N) is 1. The van der Waals surface area contributed by atoms with Crippen LogP contribution in [0.5, 0.6) is 0 Å². The molecule has 1 fully saturated rings. The monoisotopic (exact) mass is 396 g/mol. The maximum absolute atomic E-state index is 12.3. The van der Waals surface area contributed by atoms with E-state index >= 15 is 0 Å². The lowest BCUT2D eigenvalue weighted by molar-refractivity contribution is -0.127. The number of thioether (sulfide) groups is 1. The summed E-state index contributed by atoms with van der Waals surface area (Å²) in [4.78, 5) is 19.7. The van der Waals surface area contributed by atoms with E-state index in [9.17, 15) is 4.79 Å². The summed E-state index contributed by atoms with van der Waals surface area (Å²) in [5, 5.41) is 7.23. The van der Waals surface area contributed by atoms with Gasteiger partial charge >= 0.3 is 0 Å². The molecule has 6 nitrogen and oxygen atoms in total. The van der Waals surface area contributed by atoms with Gasteiger partial charge in [0.15, 0.2) is 5.82 Å². The van der Waals surface area contributed by atoms with E-state index in [2.05, 4.69) is 22.4 Å². The van der Waals surface area contributed by atoms with E-state index in [-0.39, 0.29) is 24.4 Å². The molecule has 1 unspecified atom stereocenters. The molecule has 8 heteroatoms. The molecule has 1 atom stereocenters. The molecule has 1 aromatic carbocycles. The molecule has 0 bridgehead atoms. The van der Waals surface area contributed by atoms with Gasteiger partial charge in [-0.25, -0.2) is 0 Å². The normalized spacial score (nSPS) is 14.9. The molecular weight excluding hydrogens is 372 g/mol. The van der Waals surface area contributed by atoms with Crippen molar-refractivity contribution < 1.29 is 9.32 Å². The SMILES string of the molecule is CNC(C)Cc1noc(-c2ccccc2SCC(=O)N2CCCC2)n1.Cl. The number of amides is 1. The number of nitrogens with zero attached hydrogens (tertiary/aromatic N) is 3. The summed E-state index contributed by atoms with van der Waals surface area (Å²) in [6.45, 7) is 3.85. The fraction of sp³-hybridized carbons (Fsp3) is 0.500. The summed E-state index contributed by atoms with van der Waals surface area (Å²) in [5.74, 6) is 1.83. The van der Waals surface area contributed by atoms with Crippen molar-refractivity contribution in [2.75, 3.05) is 25.9 Å². The quantitative estimate of drug-likeness (QED) is 0.725. The molecule has 1 N–H and O–H groups in total. The maximum atomic E-state index is 12.3. The molecule has 142 valence electrons. The second kappa shape index (κ2) is 9.94. The number of likely N-dealkylation sites (N-methyl/N-ethyl adjacent to an activating group) is 1. The van der Waals surface area contributed by atoms with Crippen LogP contribution in [0, 0.1) is 0 Å². The molecule has 1 aliphatic heterocycles. The van der Waals surface area contributed by atoms with Crippen molar-refractivity contribution in [3.05, 3.63) is 30.1 Å². The van der Waals surface area contributed by atoms with Crippen molar-refractivity contribution in [1.29, 1.82) is 0 Å². The average Bonchev–Trinajstić information content (AvgIpc) is 3.32. The topological polar surface area (TPSA) is 71.3 Å². The lowest BCUT2D eigenvalue weighted by Crippen LogP contribution is -2.29. The zero-order valence-electron chi connectivity index (χ0n) is 15.1. The Kier molecular flexibility index (Phi) is 7.93. The Labute approximate surface area is 164 Å². The number of halogens is 1. The van der Waals surface area contributed by atoms with Crippen molar-refractivity contribution in [2.45, 2.75) is 37.1 Å². The van der Waals surface area contributed by atoms with E-state index < -0.39 is 0 Å². The van der Waals surface area contributed by atoms with Crippen molar-refractivity contribution >= 4 is 30.1 Å². The number of likely N-dealkylation sites (tertiary alicyclic amines) is 1. The molecule has 0 saturated carbocycles. The van der Waals surface area contributed by atoms with Crippen LogP contribution in [0.1, 0.15) is 25.6 Å². The van der Waals surface area contributed by atoms with Crippen LogP contribution in [0.15, 0.2) is 33.7 Å². The van der Waals surface area contributed by atoms with Crippen LogP contribution >= 0.6 is 24.2 Å². The summed E-state index contributed by atoms with van der Waals surface area (Å²) in [6, 6.07) is 8.15. The predicted molar refractivity (Wildman–Crippen MR) is 106 cm³/mol. The standard InChI is InChI=1S/C18H24N4O2S.ClH/c1-13(19-2)11-16-20-18(24-21-16)14-7-3-4-8-15(14)25-12-17(23)22-9-5-6-10-22;/h3-4,7-8,13,19H,5-6,9-12H2,1-2H3;1H. The third-order valence-electron chi connectivity index (χ3n) is 4.38. The molecule has 0 radical (unpaired) electrons. The Hall–Kier alpha value is -1.57. The molecule has 26 heavy (non-hydrogen) atoms. The number of aromatic nitrogens is 2. The average molecular weight is 397 g/mol. The highest BCUT2D eigenvalue weighted by Gasteiger charge is 2.19. The predicted octanol–water partition coefficient (Wildman–Crippen LogP) is 3.02. The summed E-state index contributed by atoms with van der Waals surface area (Å²) >= 11 is 1.53. The second-order valence-corrected chi connectivity index (χ2v) is 7.30. The maximum Gasteiger partial charge on any atom is 0.259 e. The Morgan fingerprint density at radius 2 is 2.08 bits per heavy atom. The Morgan fingerprint density at radius 3 is 2.81 bits per heavy atom. The van der Waals surface area contributed by atoms with Gasteiger partial charge in [0, 0.05) is 30.4 Å². The van der Waals surface area contributed by atoms with Crippen LogP contribution in [-0.4, -0.2) is 52.9 Å². The van der Waals surface area contributed by atoms with E-state index in [1.54, 1.807) is 0 Å². The summed E-state index contributed by atoms with van der Waals surface area (Å²) in [7, 11) is 1.91. The van der Waals surface area contributed by atoms with Crippen LogP contribution < -0.4 is 5.32 Å². The molecule has 1 amide bonds. The van der Waals surface area contributed by atoms with Gasteiger partial charge in [-0.1, -0.05) is 17.3 Å². The number of hydrogen-bond donors (Lipinski definition) is 1. The van der Waals surface area contributed by atoms with E-state index in [4.69, 9.17) is 4.52 Å². The third kappa shape index (κ3) is 5.22. The number of rotatable bonds is 7. The van der Waals surface area contributed by atoms with Gasteiger partial charge in [0.25, 0.3) is 5.89 Å². The summed E-state index contributed by atoms with van der Waals surface area (Å²) in [5.41, 5.74) is 0.887. The van der Waals surface area contributed by atoms with Crippen LogP contribution in [0.4, 0.5) is 0 Å². The Balaban J connectivity index is 0.00000243. The number of hydrogen-bond acceptors (Lipinski definition) is 6. The second-order valence-electron chi connectivity index (χ2n) is 6.28. The van der Waals surface area contributed by atoms with Gasteiger partial charge in [0.2, 0.25) is 5.91 Å². The zero-order valence-corrected chi connectivity index (χ0v) is 16.7. The van der Waals surface area contributed by atoms with Crippen LogP contribution in [0.2, 0.25) is 0 Å². The van der Waals surface area contributed by atoms with Gasteiger partial charge < -0.3 is 14.7 Å². The minimum Gasteiger partial charge on any atom is -0.342 e. The number of carbonyl (C=O) groups excluding carboxylic acids is 1. The number of benzene rings is 1. The molecular formula is C18H25ClN4O2S. The van der Waals surface area contributed by atoms with E-state index in [1.807, 2.05) is 36.2 Å². The van der Waals surface area contributed by atoms with Gasteiger partial charge in [-0.3, -0.25) is 4.79 Å². The summed E-state index contributed by atoms with van der Waals surface area (Å²) in [6.07, 6.45) is 2.94. The first kappa shape index (κ1) is 20.7. The minimum absolute atomic E-state index is 0. The molecule has 1 saturated heterocycles. The van der Waals surface area contributed by atoms with Crippen LogP contribution in [-0.2, 0) is 11.2 Å². The molecule has 1 aliphatic rings. The smallest absolute Gasteiger partial charge is 0.259 e. The Morgan fingerprint density at radius 1 is 1.35 bits per heavy atom. The van der Waals surface area contributed by atoms with Crippen LogP contribution in [0.25, 0.3) is 11.5 Å². The molecule has 3 rings (SSSR count). The number of carbonyl (C=O) groups is 1. The fourth-order valence-electron chi connectivity index (χ4n) is 2.79. The van der Waals surface area contributed by atoms with Gasteiger partial charge in [-0.05, 0) is 38.9 Å². The highest BCUT2D eigenvalue weighted by Crippen LogP contribution is 2.30. The zero-order chi connectivity index (χ0) is 17.6. The molecule has 2 aromatic rings. The van der Waals surface area contributed by atoms with E-state index in [0.29, 0.717) is 23.9 Å². The third-order valence-corrected chi connectivity index (χ3v) is 5.44. The fourth-order valence-corrected chi connectivity index (χ4v) is 3.74. The van der Waals surface area contributed by atoms with Crippen molar-refractivity contribution in [3.8, 4) is 11.5 Å². The molecule has 0 spiro atoms. The molecule has 0 aliphatic carbocycles. The lowest BCUT2D eigenvalue weighted by atomic mass is 10.2. The largest absolute Gasteiger partial charge is 0.342 e.